The van der Waals surface area contributed by atoms with Crippen molar-refractivity contribution in [1.82, 2.24) is 4.57 Å². The van der Waals surface area contributed by atoms with E-state index in [-0.39, 0.29) is 12.0 Å². The lowest BCUT2D eigenvalue weighted by atomic mass is 9.82. The number of fused-ring (bicyclic) bond motifs is 7. The molecule has 2 heterocycles. The highest BCUT2D eigenvalue weighted by Gasteiger charge is 2.43. The molecule has 50 heavy (non-hydrogen) atoms. The molecule has 0 saturated carbocycles. The van der Waals surface area contributed by atoms with Crippen molar-refractivity contribution in [1.29, 1.82) is 0 Å². The van der Waals surface area contributed by atoms with Gasteiger partial charge in [0.2, 0.25) is 0 Å². The van der Waals surface area contributed by atoms with Gasteiger partial charge in [0.25, 0.3) is 0 Å². The molecule has 1 aliphatic carbocycles. The molecular formula is C48H34N2. The molecule has 2 atom stereocenters. The Morgan fingerprint density at radius 3 is 1.68 bits per heavy atom. The van der Waals surface area contributed by atoms with Crippen LogP contribution in [0.1, 0.15) is 22.7 Å². The van der Waals surface area contributed by atoms with Crippen LogP contribution in [0.4, 0.5) is 11.4 Å². The summed E-state index contributed by atoms with van der Waals surface area (Å²) in [5, 5.41) is 1.32. The minimum absolute atomic E-state index is 0.173. The van der Waals surface area contributed by atoms with Crippen LogP contribution in [-0.2, 0) is 0 Å². The molecule has 1 aromatic heterocycles. The lowest BCUT2D eigenvalue weighted by Crippen LogP contribution is -2.30. The van der Waals surface area contributed by atoms with Gasteiger partial charge in [-0.3, -0.25) is 0 Å². The molecular weight excluding hydrogens is 605 g/mol. The van der Waals surface area contributed by atoms with Crippen molar-refractivity contribution >= 4 is 28.4 Å². The second-order valence-corrected chi connectivity index (χ2v) is 13.3. The van der Waals surface area contributed by atoms with E-state index in [1.807, 2.05) is 0 Å². The molecule has 0 N–H and O–H groups in total. The molecule has 236 valence electrons. The van der Waals surface area contributed by atoms with E-state index in [2.05, 4.69) is 204 Å². The predicted molar refractivity (Wildman–Crippen MR) is 209 cm³/mol. The van der Waals surface area contributed by atoms with Crippen molar-refractivity contribution in [3.05, 3.63) is 205 Å². The van der Waals surface area contributed by atoms with Crippen molar-refractivity contribution in [2.24, 2.45) is 0 Å². The maximum Gasteiger partial charge on any atom is 0.0637 e. The van der Waals surface area contributed by atoms with Gasteiger partial charge in [-0.05, 0) is 93.0 Å². The van der Waals surface area contributed by atoms with Gasteiger partial charge >= 0.3 is 0 Å². The topological polar surface area (TPSA) is 8.17 Å². The van der Waals surface area contributed by atoms with Crippen molar-refractivity contribution in [3.63, 3.8) is 0 Å². The number of nitrogens with zero attached hydrogens (tertiary/aromatic N) is 2. The number of hydrogen-bond acceptors (Lipinski definition) is 1. The Balaban J connectivity index is 1.05. The lowest BCUT2D eigenvalue weighted by molar-refractivity contribution is 0.725. The van der Waals surface area contributed by atoms with Crippen LogP contribution >= 0.6 is 0 Å². The first kappa shape index (κ1) is 28.6. The van der Waals surface area contributed by atoms with Gasteiger partial charge in [-0.2, -0.15) is 0 Å². The minimum Gasteiger partial charge on any atom is -0.333 e. The summed E-state index contributed by atoms with van der Waals surface area (Å²) >= 11 is 0. The van der Waals surface area contributed by atoms with E-state index < -0.39 is 0 Å². The summed E-state index contributed by atoms with van der Waals surface area (Å²) in [6, 6.07) is 66.3. The standard InChI is InChI=1S/C48H34N2/c1-3-12-33(13-4-1)35-22-26-39(27-23-35)49-43-20-9-7-18-41(43)47-45(49)30-31-46-48(47)42-19-8-10-21-44(42)50(46)40-28-24-36(25-29-40)38-17-11-16-37(32-38)34-14-5-2-6-15-34/h1-32,46,48H. The van der Waals surface area contributed by atoms with Crippen LogP contribution in [0.2, 0.25) is 0 Å². The van der Waals surface area contributed by atoms with E-state index in [0.29, 0.717) is 0 Å². The molecule has 8 aromatic rings. The summed E-state index contributed by atoms with van der Waals surface area (Å²) in [6.45, 7) is 0. The number of anilines is 2. The van der Waals surface area contributed by atoms with Crippen LogP contribution in [0, 0.1) is 0 Å². The third-order valence-electron chi connectivity index (χ3n) is 10.6. The maximum absolute atomic E-state index is 2.55. The minimum atomic E-state index is 0.173. The fourth-order valence-electron chi connectivity index (χ4n) is 8.30. The van der Waals surface area contributed by atoms with Gasteiger partial charge in [-0.1, -0.05) is 146 Å². The van der Waals surface area contributed by atoms with Gasteiger partial charge < -0.3 is 9.47 Å². The van der Waals surface area contributed by atoms with Crippen LogP contribution < -0.4 is 4.90 Å². The number of rotatable bonds is 5. The smallest absolute Gasteiger partial charge is 0.0637 e. The van der Waals surface area contributed by atoms with Gasteiger partial charge in [0.05, 0.1) is 17.3 Å². The molecule has 2 heteroatoms. The first-order chi connectivity index (χ1) is 24.8. The van der Waals surface area contributed by atoms with Gasteiger partial charge in [0.15, 0.2) is 0 Å². The molecule has 0 amide bonds. The zero-order chi connectivity index (χ0) is 33.0. The molecule has 10 rings (SSSR count). The molecule has 0 radical (unpaired) electrons. The molecule has 7 aromatic carbocycles. The monoisotopic (exact) mass is 638 g/mol. The Bertz CT molecular complexity index is 2520. The number of benzene rings is 7. The fraction of sp³-hybridized carbons (Fsp3) is 0.0417. The predicted octanol–water partition coefficient (Wildman–Crippen LogP) is 12.3. The van der Waals surface area contributed by atoms with E-state index in [1.54, 1.807) is 0 Å². The largest absolute Gasteiger partial charge is 0.333 e. The first-order valence-corrected chi connectivity index (χ1v) is 17.4. The molecule has 2 nitrogen and oxygen atoms in total. The van der Waals surface area contributed by atoms with Crippen LogP contribution in [0.5, 0.6) is 0 Å². The fourth-order valence-corrected chi connectivity index (χ4v) is 8.30. The summed E-state index contributed by atoms with van der Waals surface area (Å²) in [6.07, 6.45) is 4.79. The van der Waals surface area contributed by atoms with E-state index in [1.165, 1.54) is 78.2 Å². The van der Waals surface area contributed by atoms with Crippen molar-refractivity contribution in [3.8, 4) is 39.1 Å². The third kappa shape index (κ3) is 4.57. The number of hydrogen-bond donors (Lipinski definition) is 0. The van der Waals surface area contributed by atoms with Crippen LogP contribution in [-0.4, -0.2) is 10.6 Å². The highest BCUT2D eigenvalue weighted by atomic mass is 15.2. The highest BCUT2D eigenvalue weighted by Crippen LogP contribution is 2.54. The van der Waals surface area contributed by atoms with E-state index in [9.17, 15) is 0 Å². The first-order valence-electron chi connectivity index (χ1n) is 17.4. The Hall–Kier alpha value is -6.38. The highest BCUT2D eigenvalue weighted by molar-refractivity contribution is 5.94. The van der Waals surface area contributed by atoms with Gasteiger partial charge in [-0.15, -0.1) is 0 Å². The zero-order valence-corrected chi connectivity index (χ0v) is 27.5. The Morgan fingerprint density at radius 2 is 0.960 bits per heavy atom. The quantitative estimate of drug-likeness (QED) is 0.182. The summed E-state index contributed by atoms with van der Waals surface area (Å²) in [5.41, 5.74) is 16.3. The molecule has 0 fully saturated rings. The Kier molecular flexibility index (Phi) is 6.67. The summed E-state index contributed by atoms with van der Waals surface area (Å²) in [5.74, 6) is 0.211. The molecule has 0 saturated heterocycles. The zero-order valence-electron chi connectivity index (χ0n) is 27.5. The Morgan fingerprint density at radius 1 is 0.420 bits per heavy atom. The molecule has 2 unspecified atom stereocenters. The van der Waals surface area contributed by atoms with Gasteiger partial charge in [0, 0.05) is 28.4 Å². The van der Waals surface area contributed by atoms with Gasteiger partial charge in [-0.25, -0.2) is 0 Å². The van der Waals surface area contributed by atoms with Gasteiger partial charge in [0.1, 0.15) is 0 Å². The van der Waals surface area contributed by atoms with E-state index >= 15 is 0 Å². The van der Waals surface area contributed by atoms with E-state index in [4.69, 9.17) is 0 Å². The summed E-state index contributed by atoms with van der Waals surface area (Å²) in [4.78, 5) is 2.55. The van der Waals surface area contributed by atoms with Crippen molar-refractivity contribution < 1.29 is 0 Å². The summed E-state index contributed by atoms with van der Waals surface area (Å²) in [7, 11) is 0. The van der Waals surface area contributed by atoms with Crippen LogP contribution in [0.15, 0.2) is 188 Å². The molecule has 0 spiro atoms. The van der Waals surface area contributed by atoms with Crippen LogP contribution in [0.25, 0.3) is 56.0 Å². The second kappa shape index (κ2) is 11.6. The molecule has 2 aliphatic rings. The van der Waals surface area contributed by atoms with Crippen LogP contribution in [0.3, 0.4) is 0 Å². The molecule has 0 bridgehead atoms. The normalized spacial score (nSPS) is 15.9. The second-order valence-electron chi connectivity index (χ2n) is 13.3. The van der Waals surface area contributed by atoms with E-state index in [0.717, 1.165) is 0 Å². The third-order valence-corrected chi connectivity index (χ3v) is 10.6. The van der Waals surface area contributed by atoms with Crippen molar-refractivity contribution in [2.45, 2.75) is 12.0 Å². The number of aromatic nitrogens is 1. The Labute approximate surface area is 292 Å². The lowest BCUT2D eigenvalue weighted by Gasteiger charge is -2.31. The summed E-state index contributed by atoms with van der Waals surface area (Å²) < 4.78 is 2.45. The van der Waals surface area contributed by atoms with Crippen molar-refractivity contribution in [2.75, 3.05) is 4.90 Å². The molecule has 1 aliphatic heterocycles. The maximum atomic E-state index is 2.55. The SMILES string of the molecule is C1=CC2C(c3ccccc3N2c2ccc(-c3cccc(-c4ccccc4)c3)cc2)c2c1n(-c1ccc(-c3ccccc3)cc1)c1ccccc21. The average molecular weight is 639 g/mol. The number of para-hydroxylation sites is 2. The average Bonchev–Trinajstić information content (AvgIpc) is 3.72.